The van der Waals surface area contributed by atoms with Crippen molar-refractivity contribution in [3.63, 3.8) is 0 Å². The highest BCUT2D eigenvalue weighted by molar-refractivity contribution is 9.10. The van der Waals surface area contributed by atoms with Crippen molar-refractivity contribution >= 4 is 33.2 Å². The zero-order valence-electron chi connectivity index (χ0n) is 10.6. The topological polar surface area (TPSA) is 17.3 Å². The molecule has 0 radical (unpaired) electrons. The molecule has 0 saturated carbocycles. The number of hydrogen-bond donors (Lipinski definition) is 0. The molecule has 0 bridgehead atoms. The van der Waals surface area contributed by atoms with Gasteiger partial charge in [-0.15, -0.1) is 0 Å². The minimum absolute atomic E-state index is 0.784. The van der Waals surface area contributed by atoms with Gasteiger partial charge in [0.05, 0.1) is 5.69 Å². The molecular weight excluding hydrogens is 324 g/mol. The summed E-state index contributed by atoms with van der Waals surface area (Å²) in [4.78, 5) is 4.69. The number of aryl methyl sites for hydroxylation is 2. The van der Waals surface area contributed by atoms with Gasteiger partial charge in [-0.3, -0.25) is 0 Å². The smallest absolute Gasteiger partial charge is 0.140 e. The summed E-state index contributed by atoms with van der Waals surface area (Å²) in [6.45, 7) is 4.06. The Morgan fingerprint density at radius 1 is 1.11 bits per heavy atom. The van der Waals surface area contributed by atoms with Crippen LogP contribution in [0.15, 0.2) is 41.1 Å². The predicted octanol–water partition coefficient (Wildman–Crippen LogP) is 5.03. The Bertz CT molecular complexity index is 777. The van der Waals surface area contributed by atoms with Crippen LogP contribution >= 0.6 is 27.5 Å². The average Bonchev–Trinajstić information content (AvgIpc) is 2.76. The van der Waals surface area contributed by atoms with E-state index in [0.717, 1.165) is 37.5 Å². The van der Waals surface area contributed by atoms with Gasteiger partial charge in [0.2, 0.25) is 0 Å². The van der Waals surface area contributed by atoms with Gasteiger partial charge >= 0.3 is 0 Å². The molecule has 3 rings (SSSR count). The number of nitrogens with zero attached hydrogens (tertiary/aromatic N) is 2. The predicted molar refractivity (Wildman–Crippen MR) is 82.8 cm³/mol. The largest absolute Gasteiger partial charge is 0.305 e. The first kappa shape index (κ1) is 12.7. The minimum Gasteiger partial charge on any atom is -0.305 e. The maximum atomic E-state index is 6.06. The highest BCUT2D eigenvalue weighted by atomic mass is 79.9. The summed E-state index contributed by atoms with van der Waals surface area (Å²) in [5, 5.41) is 0.784. The van der Waals surface area contributed by atoms with Crippen molar-refractivity contribution in [1.82, 2.24) is 9.38 Å². The van der Waals surface area contributed by atoms with E-state index in [1.807, 2.05) is 35.9 Å². The molecule has 0 spiro atoms. The first-order chi connectivity index (χ1) is 9.04. The van der Waals surface area contributed by atoms with Crippen LogP contribution < -0.4 is 0 Å². The molecule has 1 aromatic carbocycles. The number of pyridine rings is 1. The van der Waals surface area contributed by atoms with Gasteiger partial charge < -0.3 is 4.40 Å². The quantitative estimate of drug-likeness (QED) is 0.609. The molecular formula is C15H12BrClN2. The van der Waals surface area contributed by atoms with E-state index in [1.165, 1.54) is 0 Å². The number of hydrogen-bond acceptors (Lipinski definition) is 1. The minimum atomic E-state index is 0.784. The van der Waals surface area contributed by atoms with E-state index in [1.54, 1.807) is 0 Å². The number of benzene rings is 1. The highest BCUT2D eigenvalue weighted by Crippen LogP contribution is 2.26. The lowest BCUT2D eigenvalue weighted by Gasteiger charge is -2.00. The number of rotatable bonds is 1. The number of imidazole rings is 1. The fourth-order valence-electron chi connectivity index (χ4n) is 2.17. The lowest BCUT2D eigenvalue weighted by atomic mass is 10.1. The highest BCUT2D eigenvalue weighted by Gasteiger charge is 2.08. The number of fused-ring (bicyclic) bond motifs is 1. The first-order valence-electron chi connectivity index (χ1n) is 5.96. The summed E-state index contributed by atoms with van der Waals surface area (Å²) in [5.41, 5.74) is 5.23. The third-order valence-electron chi connectivity index (χ3n) is 3.16. The van der Waals surface area contributed by atoms with Gasteiger partial charge in [-0.2, -0.15) is 0 Å². The van der Waals surface area contributed by atoms with E-state index < -0.39 is 0 Å². The molecule has 0 aliphatic carbocycles. The number of aromatic nitrogens is 2. The molecule has 0 aliphatic heterocycles. The normalized spacial score (nSPS) is 11.2. The van der Waals surface area contributed by atoms with Crippen molar-refractivity contribution in [1.29, 1.82) is 0 Å². The van der Waals surface area contributed by atoms with Crippen molar-refractivity contribution in [2.45, 2.75) is 13.8 Å². The van der Waals surface area contributed by atoms with Crippen LogP contribution in [0.1, 0.15) is 11.1 Å². The molecule has 2 aromatic heterocycles. The van der Waals surface area contributed by atoms with E-state index in [9.17, 15) is 0 Å². The van der Waals surface area contributed by atoms with Gasteiger partial charge in [-0.05, 0) is 59.1 Å². The van der Waals surface area contributed by atoms with Gasteiger partial charge in [-0.1, -0.05) is 17.7 Å². The van der Waals surface area contributed by atoms with Gasteiger partial charge in [0.15, 0.2) is 0 Å². The maximum Gasteiger partial charge on any atom is 0.140 e. The SMILES string of the molecule is Cc1cc(-c2cn3cc(Br)cc(C)c3n2)ccc1Cl. The van der Waals surface area contributed by atoms with E-state index >= 15 is 0 Å². The Morgan fingerprint density at radius 2 is 1.89 bits per heavy atom. The van der Waals surface area contributed by atoms with Crippen molar-refractivity contribution in [3.05, 3.63) is 57.3 Å². The fraction of sp³-hybridized carbons (Fsp3) is 0.133. The lowest BCUT2D eigenvalue weighted by Crippen LogP contribution is -1.86. The van der Waals surface area contributed by atoms with E-state index in [0.29, 0.717) is 0 Å². The van der Waals surface area contributed by atoms with Crippen molar-refractivity contribution in [3.8, 4) is 11.3 Å². The Morgan fingerprint density at radius 3 is 2.63 bits per heavy atom. The third-order valence-corrected chi connectivity index (χ3v) is 4.01. The molecule has 19 heavy (non-hydrogen) atoms. The van der Waals surface area contributed by atoms with Gasteiger partial charge in [0.25, 0.3) is 0 Å². The van der Waals surface area contributed by atoms with Crippen molar-refractivity contribution < 1.29 is 0 Å². The second-order valence-corrected chi connectivity index (χ2v) is 5.99. The standard InChI is InChI=1S/C15H12BrClN2/c1-9-5-11(3-4-13(9)17)14-8-19-7-12(16)6-10(2)15(19)18-14/h3-8H,1-2H3. The van der Waals surface area contributed by atoms with Crippen LogP contribution in [0.3, 0.4) is 0 Å². The van der Waals surface area contributed by atoms with E-state index in [4.69, 9.17) is 16.6 Å². The molecule has 4 heteroatoms. The molecule has 0 atom stereocenters. The van der Waals surface area contributed by atoms with Crippen LogP contribution in [0.25, 0.3) is 16.9 Å². The maximum absolute atomic E-state index is 6.06. The molecule has 0 N–H and O–H groups in total. The Kier molecular flexibility index (Phi) is 3.11. The fourth-order valence-corrected chi connectivity index (χ4v) is 2.85. The summed E-state index contributed by atoms with van der Waals surface area (Å²) < 4.78 is 3.09. The Balaban J connectivity index is 2.20. The van der Waals surface area contributed by atoms with Crippen LogP contribution in [-0.2, 0) is 0 Å². The molecule has 0 fully saturated rings. The summed E-state index contributed by atoms with van der Waals surface area (Å²) in [5.74, 6) is 0. The zero-order valence-corrected chi connectivity index (χ0v) is 13.0. The molecule has 0 unspecified atom stereocenters. The Labute approximate surface area is 125 Å². The van der Waals surface area contributed by atoms with Crippen LogP contribution in [0.2, 0.25) is 5.02 Å². The molecule has 0 aliphatic rings. The van der Waals surface area contributed by atoms with Gasteiger partial charge in [-0.25, -0.2) is 4.98 Å². The molecule has 0 amide bonds. The molecule has 2 heterocycles. The van der Waals surface area contributed by atoms with Crippen molar-refractivity contribution in [2.75, 3.05) is 0 Å². The molecule has 0 saturated heterocycles. The number of halogens is 2. The molecule has 96 valence electrons. The van der Waals surface area contributed by atoms with Crippen LogP contribution in [0.4, 0.5) is 0 Å². The van der Waals surface area contributed by atoms with Gasteiger partial charge in [0, 0.05) is 27.5 Å². The molecule has 2 nitrogen and oxygen atoms in total. The first-order valence-corrected chi connectivity index (χ1v) is 7.13. The van der Waals surface area contributed by atoms with Gasteiger partial charge in [0.1, 0.15) is 5.65 Å². The third kappa shape index (κ3) is 2.28. The lowest BCUT2D eigenvalue weighted by molar-refractivity contribution is 1.15. The Hall–Kier alpha value is -1.32. The second kappa shape index (κ2) is 4.66. The van der Waals surface area contributed by atoms with E-state index in [-0.39, 0.29) is 0 Å². The summed E-state index contributed by atoms with van der Waals surface area (Å²) in [7, 11) is 0. The average molecular weight is 336 g/mol. The monoisotopic (exact) mass is 334 g/mol. The summed E-state index contributed by atoms with van der Waals surface area (Å²) in [6, 6.07) is 8.05. The van der Waals surface area contributed by atoms with Crippen LogP contribution in [0, 0.1) is 13.8 Å². The summed E-state index contributed by atoms with van der Waals surface area (Å²) in [6.07, 6.45) is 4.05. The summed E-state index contributed by atoms with van der Waals surface area (Å²) >= 11 is 9.56. The van der Waals surface area contributed by atoms with Crippen LogP contribution in [0.5, 0.6) is 0 Å². The molecule has 3 aromatic rings. The second-order valence-electron chi connectivity index (χ2n) is 4.66. The van der Waals surface area contributed by atoms with Crippen molar-refractivity contribution in [2.24, 2.45) is 0 Å². The zero-order chi connectivity index (χ0) is 13.6. The van der Waals surface area contributed by atoms with E-state index in [2.05, 4.69) is 35.0 Å². The van der Waals surface area contributed by atoms with Crippen LogP contribution in [-0.4, -0.2) is 9.38 Å².